The van der Waals surface area contributed by atoms with Crippen molar-refractivity contribution >= 4 is 43.4 Å². The van der Waals surface area contributed by atoms with Gasteiger partial charge < -0.3 is 14.0 Å². The Kier molecular flexibility index (Phi) is 4.73. The standard InChI is InChI=1S/C17H15BrN2O3S/c1-20-12-8-7-10(18)9-14(12)24-17(20)19-16(21)11-5-4-6-13(22-2)15(11)23-3/h4-9H,1-3H3. The summed E-state index contributed by atoms with van der Waals surface area (Å²) in [6, 6.07) is 11.1. The Morgan fingerprint density at radius 2 is 2.00 bits per heavy atom. The minimum Gasteiger partial charge on any atom is -0.493 e. The van der Waals surface area contributed by atoms with Gasteiger partial charge in [-0.15, -0.1) is 0 Å². The van der Waals surface area contributed by atoms with E-state index < -0.39 is 0 Å². The summed E-state index contributed by atoms with van der Waals surface area (Å²) in [5.41, 5.74) is 1.39. The number of benzene rings is 2. The summed E-state index contributed by atoms with van der Waals surface area (Å²) in [4.78, 5) is 17.5. The Bertz CT molecular complexity index is 991. The number of nitrogens with zero attached hydrogens (tertiary/aromatic N) is 2. The summed E-state index contributed by atoms with van der Waals surface area (Å²) >= 11 is 4.92. The van der Waals surface area contributed by atoms with Crippen LogP contribution in [-0.4, -0.2) is 24.7 Å². The van der Waals surface area contributed by atoms with Crippen molar-refractivity contribution in [2.24, 2.45) is 12.0 Å². The fraction of sp³-hybridized carbons (Fsp3) is 0.176. The van der Waals surface area contributed by atoms with Crippen LogP contribution in [0.15, 0.2) is 45.9 Å². The second kappa shape index (κ2) is 6.78. The highest BCUT2D eigenvalue weighted by molar-refractivity contribution is 9.10. The van der Waals surface area contributed by atoms with E-state index in [0.29, 0.717) is 21.9 Å². The average Bonchev–Trinajstić information content (AvgIpc) is 2.88. The lowest BCUT2D eigenvalue weighted by Crippen LogP contribution is -2.13. The van der Waals surface area contributed by atoms with Gasteiger partial charge in [-0.25, -0.2) is 0 Å². The first-order valence-electron chi connectivity index (χ1n) is 7.10. The van der Waals surface area contributed by atoms with Crippen LogP contribution in [0.2, 0.25) is 0 Å². The van der Waals surface area contributed by atoms with Crippen LogP contribution in [0.25, 0.3) is 10.2 Å². The van der Waals surface area contributed by atoms with Crippen molar-refractivity contribution < 1.29 is 14.3 Å². The Labute approximate surface area is 151 Å². The number of ether oxygens (including phenoxy) is 2. The first kappa shape index (κ1) is 16.7. The van der Waals surface area contributed by atoms with Gasteiger partial charge in [0.2, 0.25) is 0 Å². The molecule has 0 radical (unpaired) electrons. The molecule has 124 valence electrons. The molecule has 0 bridgehead atoms. The molecule has 3 aromatic rings. The van der Waals surface area contributed by atoms with Crippen LogP contribution < -0.4 is 14.3 Å². The van der Waals surface area contributed by atoms with E-state index in [-0.39, 0.29) is 5.91 Å². The zero-order valence-corrected chi connectivity index (χ0v) is 15.8. The third-order valence-corrected chi connectivity index (χ3v) is 5.19. The zero-order valence-electron chi connectivity index (χ0n) is 13.4. The van der Waals surface area contributed by atoms with Crippen molar-refractivity contribution in [2.75, 3.05) is 14.2 Å². The molecule has 2 aromatic carbocycles. The highest BCUT2D eigenvalue weighted by atomic mass is 79.9. The van der Waals surface area contributed by atoms with Crippen LogP contribution in [0.1, 0.15) is 10.4 Å². The second-order valence-electron chi connectivity index (χ2n) is 5.01. The molecule has 0 saturated carbocycles. The highest BCUT2D eigenvalue weighted by Crippen LogP contribution is 2.31. The third kappa shape index (κ3) is 2.97. The van der Waals surface area contributed by atoms with Crippen molar-refractivity contribution in [1.82, 2.24) is 4.57 Å². The number of aryl methyl sites for hydroxylation is 1. The van der Waals surface area contributed by atoms with Crippen molar-refractivity contribution in [1.29, 1.82) is 0 Å². The lowest BCUT2D eigenvalue weighted by Gasteiger charge is -2.09. The fourth-order valence-electron chi connectivity index (χ4n) is 2.42. The minimum atomic E-state index is -0.369. The summed E-state index contributed by atoms with van der Waals surface area (Å²) in [5, 5.41) is 0. The van der Waals surface area contributed by atoms with Crippen molar-refractivity contribution in [2.45, 2.75) is 0 Å². The first-order chi connectivity index (χ1) is 11.5. The molecular weight excluding hydrogens is 392 g/mol. The minimum absolute atomic E-state index is 0.369. The maximum absolute atomic E-state index is 12.6. The smallest absolute Gasteiger partial charge is 0.283 e. The van der Waals surface area contributed by atoms with Gasteiger partial charge in [0, 0.05) is 11.5 Å². The summed E-state index contributed by atoms with van der Waals surface area (Å²) in [5.74, 6) is 0.524. The van der Waals surface area contributed by atoms with Crippen LogP contribution in [0.5, 0.6) is 11.5 Å². The number of carbonyl (C=O) groups is 1. The van der Waals surface area contributed by atoms with Crippen molar-refractivity contribution in [3.63, 3.8) is 0 Å². The fourth-order valence-corrected chi connectivity index (χ4v) is 3.99. The van der Waals surface area contributed by atoms with Crippen molar-refractivity contribution in [3.05, 3.63) is 51.2 Å². The Morgan fingerprint density at radius 3 is 2.71 bits per heavy atom. The number of carbonyl (C=O) groups excluding carboxylic acids is 1. The number of aromatic nitrogens is 1. The van der Waals surface area contributed by atoms with Gasteiger partial charge in [-0.3, -0.25) is 4.79 Å². The van der Waals surface area contributed by atoms with E-state index in [1.54, 1.807) is 18.2 Å². The van der Waals surface area contributed by atoms with E-state index in [9.17, 15) is 4.79 Å². The van der Waals surface area contributed by atoms with Gasteiger partial charge in [-0.05, 0) is 30.3 Å². The van der Waals surface area contributed by atoms with E-state index in [4.69, 9.17) is 9.47 Å². The number of methoxy groups -OCH3 is 2. The second-order valence-corrected chi connectivity index (χ2v) is 6.94. The first-order valence-corrected chi connectivity index (χ1v) is 8.71. The molecule has 24 heavy (non-hydrogen) atoms. The molecular formula is C17H15BrN2O3S. The number of hydrogen-bond donors (Lipinski definition) is 0. The number of halogens is 1. The summed E-state index contributed by atoms with van der Waals surface area (Å²) in [6.45, 7) is 0. The van der Waals surface area contributed by atoms with E-state index in [1.807, 2.05) is 29.8 Å². The Hall–Kier alpha value is -2.12. The van der Waals surface area contributed by atoms with Crippen molar-refractivity contribution in [3.8, 4) is 11.5 Å². The quantitative estimate of drug-likeness (QED) is 0.665. The van der Waals surface area contributed by atoms with Gasteiger partial charge in [0.15, 0.2) is 16.3 Å². The van der Waals surface area contributed by atoms with Crippen LogP contribution in [0, 0.1) is 0 Å². The molecule has 0 aliphatic rings. The number of rotatable bonds is 3. The number of fused-ring (bicyclic) bond motifs is 1. The van der Waals surface area contributed by atoms with E-state index in [0.717, 1.165) is 14.7 Å². The largest absolute Gasteiger partial charge is 0.493 e. The van der Waals surface area contributed by atoms with E-state index >= 15 is 0 Å². The number of para-hydroxylation sites is 1. The molecule has 0 N–H and O–H groups in total. The highest BCUT2D eigenvalue weighted by Gasteiger charge is 2.16. The zero-order chi connectivity index (χ0) is 17.3. The maximum Gasteiger partial charge on any atom is 0.283 e. The predicted octanol–water partition coefficient (Wildman–Crippen LogP) is 3.76. The van der Waals surface area contributed by atoms with Gasteiger partial charge in [0.05, 0.1) is 30.0 Å². The summed E-state index contributed by atoms with van der Waals surface area (Å²) in [6.07, 6.45) is 0. The monoisotopic (exact) mass is 406 g/mol. The van der Waals surface area contributed by atoms with Gasteiger partial charge in [0.25, 0.3) is 5.91 Å². The van der Waals surface area contributed by atoms with E-state index in [1.165, 1.54) is 25.6 Å². The molecule has 7 heteroatoms. The molecule has 1 heterocycles. The lowest BCUT2D eigenvalue weighted by molar-refractivity contribution is 0.0994. The normalized spacial score (nSPS) is 11.8. The van der Waals surface area contributed by atoms with Crippen LogP contribution >= 0.6 is 27.3 Å². The molecule has 0 saturated heterocycles. The van der Waals surface area contributed by atoms with Gasteiger partial charge in [0.1, 0.15) is 0 Å². The van der Waals surface area contributed by atoms with Gasteiger partial charge in [-0.2, -0.15) is 4.99 Å². The number of amides is 1. The molecule has 5 nitrogen and oxygen atoms in total. The van der Waals surface area contributed by atoms with Gasteiger partial charge >= 0.3 is 0 Å². The van der Waals surface area contributed by atoms with Gasteiger partial charge in [-0.1, -0.05) is 33.3 Å². The number of hydrogen-bond acceptors (Lipinski definition) is 4. The topological polar surface area (TPSA) is 52.8 Å². The maximum atomic E-state index is 12.6. The summed E-state index contributed by atoms with van der Waals surface area (Å²) in [7, 11) is 4.93. The van der Waals surface area contributed by atoms with Crippen LogP contribution in [-0.2, 0) is 7.05 Å². The third-order valence-electron chi connectivity index (χ3n) is 3.60. The predicted molar refractivity (Wildman–Crippen MR) is 97.9 cm³/mol. The lowest BCUT2D eigenvalue weighted by atomic mass is 10.2. The molecule has 0 unspecified atom stereocenters. The number of thiazole rings is 1. The molecule has 0 aliphatic carbocycles. The molecule has 3 rings (SSSR count). The van der Waals surface area contributed by atoms with E-state index in [2.05, 4.69) is 20.9 Å². The Morgan fingerprint density at radius 1 is 1.21 bits per heavy atom. The Balaban J connectivity index is 2.12. The molecule has 0 atom stereocenters. The molecule has 0 fully saturated rings. The summed E-state index contributed by atoms with van der Waals surface area (Å²) < 4.78 is 14.5. The van der Waals surface area contributed by atoms with Crippen LogP contribution in [0.4, 0.5) is 0 Å². The molecule has 1 amide bonds. The SMILES string of the molecule is COc1cccc(C(=O)N=c2sc3cc(Br)ccc3n2C)c1OC. The molecule has 1 aromatic heterocycles. The van der Waals surface area contributed by atoms with Crippen LogP contribution in [0.3, 0.4) is 0 Å². The molecule has 0 spiro atoms. The average molecular weight is 407 g/mol. The molecule has 0 aliphatic heterocycles.